The van der Waals surface area contributed by atoms with Gasteiger partial charge in [0.1, 0.15) is 37.6 Å². The first-order chi connectivity index (χ1) is 25.2. The maximum Gasteiger partial charge on any atom is 0.523 e. The average Bonchev–Trinajstić information content (AvgIpc) is 3.07. The van der Waals surface area contributed by atoms with E-state index in [1.807, 2.05) is 6.92 Å². The third kappa shape index (κ3) is 14.9. The summed E-state index contributed by atoms with van der Waals surface area (Å²) < 4.78 is 125. The van der Waals surface area contributed by atoms with Crippen LogP contribution in [-0.4, -0.2) is 146 Å². The van der Waals surface area contributed by atoms with E-state index in [-0.39, 0.29) is 25.0 Å². The highest BCUT2D eigenvalue weighted by molar-refractivity contribution is 7.87. The molecule has 7 unspecified atom stereocenters. The van der Waals surface area contributed by atoms with Crippen molar-refractivity contribution in [2.45, 2.75) is 129 Å². The topological polar surface area (TPSA) is 257 Å². The number of carbonyl (C=O) groups excluding carboxylic acids is 4. The maximum absolute atomic E-state index is 13.9. The highest BCUT2D eigenvalue weighted by Gasteiger charge is 2.54. The number of aliphatic hydroxyl groups is 4. The number of hydrogen-bond donors (Lipinski definition) is 4. The number of esters is 4. The zero-order valence-electron chi connectivity index (χ0n) is 31.1. The molecule has 3 fully saturated rings. The van der Waals surface area contributed by atoms with Crippen LogP contribution in [0.15, 0.2) is 0 Å². The van der Waals surface area contributed by atoms with Crippen LogP contribution >= 0.6 is 0 Å². The van der Waals surface area contributed by atoms with Crippen molar-refractivity contribution in [3.63, 3.8) is 0 Å². The number of alkyl halides is 5. The molecule has 0 aromatic rings. The molecule has 15 atom stereocenters. The molecule has 0 saturated carbocycles. The van der Waals surface area contributed by atoms with Crippen LogP contribution in [0.25, 0.3) is 0 Å². The van der Waals surface area contributed by atoms with E-state index in [1.54, 1.807) is 13.8 Å². The Balaban J connectivity index is 0.000000440. The predicted octanol–water partition coefficient (Wildman–Crippen LogP) is 0.548. The number of carbonyl (C=O) groups is 4. The summed E-state index contributed by atoms with van der Waals surface area (Å²) >= 11 is 0. The molecule has 3 heterocycles. The van der Waals surface area contributed by atoms with E-state index in [9.17, 15) is 49.5 Å². The molecule has 0 aromatic carbocycles. The first kappa shape index (κ1) is 50.2. The van der Waals surface area contributed by atoms with Crippen molar-refractivity contribution < 1.29 is 107 Å². The Labute approximate surface area is 313 Å². The van der Waals surface area contributed by atoms with E-state index in [4.69, 9.17) is 48.8 Å². The fourth-order valence-corrected chi connectivity index (χ4v) is 5.87. The minimum atomic E-state index is -5.92. The number of aliphatic hydroxyl groups excluding tert-OH is 4. The molecule has 0 aromatic heterocycles. The van der Waals surface area contributed by atoms with Gasteiger partial charge in [-0.15, -0.1) is 0 Å². The van der Waals surface area contributed by atoms with Crippen molar-refractivity contribution in [1.82, 2.24) is 0 Å². The first-order valence-electron chi connectivity index (χ1n) is 16.7. The summed E-state index contributed by atoms with van der Waals surface area (Å²) in [7, 11) is -5.92. The van der Waals surface area contributed by atoms with Gasteiger partial charge >= 0.3 is 39.5 Å². The molecule has 0 radical (unpaired) electrons. The van der Waals surface area contributed by atoms with E-state index < -0.39 is 126 Å². The van der Waals surface area contributed by atoms with Gasteiger partial charge in [0.2, 0.25) is 12.6 Å². The van der Waals surface area contributed by atoms with E-state index in [0.717, 1.165) is 13.8 Å². The van der Waals surface area contributed by atoms with Gasteiger partial charge in [-0.1, -0.05) is 27.7 Å². The normalized spacial score (nSPS) is 36.4. The van der Waals surface area contributed by atoms with Gasteiger partial charge in [0.05, 0.1) is 18.8 Å². The van der Waals surface area contributed by atoms with Crippen molar-refractivity contribution in [2.75, 3.05) is 19.8 Å². The summed E-state index contributed by atoms with van der Waals surface area (Å²) in [6, 6.07) is 0. The van der Waals surface area contributed by atoms with Gasteiger partial charge in [0.15, 0.2) is 18.6 Å². The van der Waals surface area contributed by atoms with Crippen LogP contribution in [-0.2, 0) is 66.6 Å². The number of ether oxygens (including phenoxy) is 7. The lowest BCUT2D eigenvalue weighted by Crippen LogP contribution is -2.56. The maximum atomic E-state index is 13.9. The minimum absolute atomic E-state index is 0.0331. The summed E-state index contributed by atoms with van der Waals surface area (Å²) in [6.07, 6.45) is -15.5. The molecule has 0 bridgehead atoms. The average molecular weight is 835 g/mol. The summed E-state index contributed by atoms with van der Waals surface area (Å²) in [6.45, 7) is 10.3. The molecule has 322 valence electrons. The third-order valence-corrected chi connectivity index (χ3v) is 9.85. The second-order valence-corrected chi connectivity index (χ2v) is 14.5. The van der Waals surface area contributed by atoms with Crippen LogP contribution in [0.5, 0.6) is 0 Å². The van der Waals surface area contributed by atoms with E-state index in [1.165, 1.54) is 20.8 Å². The van der Waals surface area contributed by atoms with Gasteiger partial charge in [-0.3, -0.25) is 23.4 Å². The van der Waals surface area contributed by atoms with Crippen LogP contribution in [0.3, 0.4) is 0 Å². The van der Waals surface area contributed by atoms with E-state index >= 15 is 0 Å². The SMILES string of the molecule is CC(=O)OCC1O[C@@H](OC(C)=O)C(OS(=O)(=O)C(F)(F)F)[C@@H](C)[C@@H]1C.CC(=O)OCC1O[C@@H](OC(C)=O)C([18F])[C@@H](C)[C@@H]1C.OCC1OC(O)C([18F])[C@@H](O)[C@@H]1O. The molecule has 3 rings (SSSR count). The molecule has 55 heavy (non-hydrogen) atoms. The van der Waals surface area contributed by atoms with Crippen LogP contribution in [0.1, 0.15) is 55.4 Å². The molecular weight excluding hydrogens is 785 g/mol. The highest BCUT2D eigenvalue weighted by Crippen LogP contribution is 2.37. The monoisotopic (exact) mass is 834 g/mol. The van der Waals surface area contributed by atoms with Crippen LogP contribution < -0.4 is 0 Å². The molecule has 18 nitrogen and oxygen atoms in total. The molecule has 3 aliphatic rings. The molecule has 3 saturated heterocycles. The van der Waals surface area contributed by atoms with Gasteiger partial charge < -0.3 is 53.6 Å². The Bertz CT molecular complexity index is 1360. The number of halogens is 5. The lowest BCUT2D eigenvalue weighted by molar-refractivity contribution is -0.271. The quantitative estimate of drug-likeness (QED) is 0.0813. The Morgan fingerprint density at radius 2 is 1.07 bits per heavy atom. The second-order valence-electron chi connectivity index (χ2n) is 12.9. The molecular formula is C31H49F5O18S. The first-order valence-corrected chi connectivity index (χ1v) is 18.1. The molecule has 24 heteroatoms. The standard InChI is InChI=1S/C13H19F3O8S.C12H19FO5.C6H11FO5/c1-6-7(2)11(24-25(19,20)13(14,15)16)12(22-9(4)18)23-10(6)5-21-8(3)17;1-6-7(2)11(13)12(17-9(4)15)18-10(6)5-16-8(3)14;7-3-5(10)4(9)2(1-8)12-6(3)11/h6-7,10-12H,5H2,1-4H3;6-7,10-12H,5H2,1-4H3;2-6,8-11H,1H2/t2*6-,7-,10?,11?,12+;2?,3?,4-,5-,6?/m001/s1/i;13-1;7-1. The van der Waals surface area contributed by atoms with Crippen molar-refractivity contribution in [2.24, 2.45) is 23.7 Å². The van der Waals surface area contributed by atoms with Gasteiger partial charge in [0.25, 0.3) is 0 Å². The van der Waals surface area contributed by atoms with Gasteiger partial charge in [-0.2, -0.15) is 21.6 Å². The van der Waals surface area contributed by atoms with Crippen LogP contribution in [0.2, 0.25) is 0 Å². The highest BCUT2D eigenvalue weighted by atomic mass is 32.2. The van der Waals surface area contributed by atoms with Crippen molar-refractivity contribution in [3.05, 3.63) is 0 Å². The number of rotatable bonds is 9. The van der Waals surface area contributed by atoms with Gasteiger partial charge in [-0.05, 0) is 23.7 Å². The summed E-state index contributed by atoms with van der Waals surface area (Å²) in [4.78, 5) is 43.7. The third-order valence-electron chi connectivity index (χ3n) is 8.81. The van der Waals surface area contributed by atoms with Crippen LogP contribution in [0.4, 0.5) is 22.0 Å². The fourth-order valence-electron chi connectivity index (χ4n) is 5.20. The van der Waals surface area contributed by atoms with E-state index in [0.29, 0.717) is 0 Å². The number of hydrogen-bond acceptors (Lipinski definition) is 18. The minimum Gasteiger partial charge on any atom is -0.463 e. The van der Waals surface area contributed by atoms with E-state index in [2.05, 4.69) is 8.92 Å². The molecule has 0 spiro atoms. The van der Waals surface area contributed by atoms with Crippen molar-refractivity contribution in [3.8, 4) is 0 Å². The lowest BCUT2D eigenvalue weighted by Gasteiger charge is -2.42. The summed E-state index contributed by atoms with van der Waals surface area (Å²) in [5, 5.41) is 35.3. The Morgan fingerprint density at radius 3 is 1.49 bits per heavy atom. The van der Waals surface area contributed by atoms with Gasteiger partial charge in [0, 0.05) is 27.7 Å². The smallest absolute Gasteiger partial charge is 0.463 e. The zero-order valence-corrected chi connectivity index (χ0v) is 31.9. The van der Waals surface area contributed by atoms with Gasteiger partial charge in [-0.25, -0.2) is 8.78 Å². The molecule has 0 amide bonds. The fraction of sp³-hybridized carbons (Fsp3) is 0.871. The zero-order chi connectivity index (χ0) is 42.7. The van der Waals surface area contributed by atoms with Crippen molar-refractivity contribution in [1.29, 1.82) is 0 Å². The summed E-state index contributed by atoms with van der Waals surface area (Å²) in [5.74, 6) is -4.40. The lowest BCUT2D eigenvalue weighted by atomic mass is 9.84. The Hall–Kier alpha value is -2.84. The molecule has 4 N–H and O–H groups in total. The van der Waals surface area contributed by atoms with Crippen molar-refractivity contribution >= 4 is 34.0 Å². The molecule has 0 aliphatic carbocycles. The Kier molecular flexibility index (Phi) is 19.7. The summed E-state index contributed by atoms with van der Waals surface area (Å²) in [5.41, 5.74) is -5.63. The predicted molar refractivity (Wildman–Crippen MR) is 170 cm³/mol. The van der Waals surface area contributed by atoms with Crippen LogP contribution in [0, 0.1) is 23.7 Å². The molecule has 3 aliphatic heterocycles. The largest absolute Gasteiger partial charge is 0.523 e. The Morgan fingerprint density at radius 1 is 0.636 bits per heavy atom. The second kappa shape index (κ2) is 21.6.